The van der Waals surface area contributed by atoms with E-state index in [0.717, 1.165) is 6.08 Å². The number of carbonyl (C=O) groups excluding carboxylic acids is 4. The average molecular weight is 452 g/mol. The van der Waals surface area contributed by atoms with Crippen molar-refractivity contribution in [2.45, 2.75) is 27.7 Å². The fourth-order valence-corrected chi connectivity index (χ4v) is 3.03. The van der Waals surface area contributed by atoms with Gasteiger partial charge in [0.25, 0.3) is 5.91 Å². The average Bonchev–Trinajstić information content (AvgIpc) is 3.14. The number of ketones is 1. The minimum Gasteiger partial charge on any atom is -0.462 e. The largest absolute Gasteiger partial charge is 0.462 e. The molecule has 0 radical (unpaired) electrons. The number of Topliss-reactive ketones (excluding diaryl/α,β-unsaturated/α-hetero) is 1. The summed E-state index contributed by atoms with van der Waals surface area (Å²) in [5, 5.41) is 6.78. The number of hydrogen-bond acceptors (Lipinski definition) is 8. The topological polar surface area (TPSA) is 130 Å². The van der Waals surface area contributed by atoms with E-state index in [1.807, 2.05) is 0 Å². The second-order valence-corrected chi connectivity index (χ2v) is 6.77. The van der Waals surface area contributed by atoms with Gasteiger partial charge in [-0.15, -0.1) is 0 Å². The molecule has 0 saturated heterocycles. The maximum atomic E-state index is 12.2. The second kappa shape index (κ2) is 10.1. The normalized spacial score (nSPS) is 10.9. The number of rotatable bonds is 8. The molecule has 2 aromatic heterocycles. The highest BCUT2D eigenvalue weighted by molar-refractivity contribution is 6.31. The molecule has 2 aromatic rings. The lowest BCUT2D eigenvalue weighted by Crippen LogP contribution is -2.21. The maximum Gasteiger partial charge on any atom is 0.344 e. The number of anilines is 1. The van der Waals surface area contributed by atoms with Crippen LogP contribution in [0.25, 0.3) is 6.08 Å². The Bertz CT molecular complexity index is 1070. The van der Waals surface area contributed by atoms with Crippen LogP contribution in [0.2, 0.25) is 5.15 Å². The Kier molecular flexibility index (Phi) is 7.76. The molecule has 11 heteroatoms. The van der Waals surface area contributed by atoms with Gasteiger partial charge < -0.3 is 13.9 Å². The van der Waals surface area contributed by atoms with Crippen LogP contribution in [-0.2, 0) is 26.1 Å². The van der Waals surface area contributed by atoms with E-state index in [-0.39, 0.29) is 29.4 Å². The maximum absolute atomic E-state index is 12.2. The number of nitrogens with zero attached hydrogens (tertiary/aromatic N) is 2. The Morgan fingerprint density at radius 1 is 1.19 bits per heavy atom. The van der Waals surface area contributed by atoms with E-state index in [1.54, 1.807) is 20.9 Å². The van der Waals surface area contributed by atoms with Crippen molar-refractivity contribution >= 4 is 47.2 Å². The summed E-state index contributed by atoms with van der Waals surface area (Å²) in [5.41, 5.74) is 0.994. The van der Waals surface area contributed by atoms with Gasteiger partial charge in [-0.2, -0.15) is 5.10 Å². The van der Waals surface area contributed by atoms with Gasteiger partial charge in [0.2, 0.25) is 5.88 Å². The third-order valence-electron chi connectivity index (χ3n) is 4.10. The number of furan rings is 1. The predicted octanol–water partition coefficient (Wildman–Crippen LogP) is 2.86. The van der Waals surface area contributed by atoms with Crippen molar-refractivity contribution in [2.24, 2.45) is 7.05 Å². The van der Waals surface area contributed by atoms with Crippen molar-refractivity contribution in [1.82, 2.24) is 9.78 Å². The summed E-state index contributed by atoms with van der Waals surface area (Å²) in [7, 11) is 1.66. The SMILES string of the molecule is CCOC(=O)c1c(NC(=O)COC(=O)/C=C/c2c(C)nn(C)c2Cl)oc(C)c1C(C)=O. The highest BCUT2D eigenvalue weighted by Crippen LogP contribution is 2.28. The molecule has 0 aliphatic carbocycles. The molecular weight excluding hydrogens is 430 g/mol. The number of amides is 1. The zero-order valence-electron chi connectivity index (χ0n) is 17.7. The second-order valence-electron chi connectivity index (χ2n) is 6.42. The Balaban J connectivity index is 2.06. The van der Waals surface area contributed by atoms with Crippen LogP contribution in [0.3, 0.4) is 0 Å². The molecule has 2 rings (SSSR count). The monoisotopic (exact) mass is 451 g/mol. The molecule has 0 aliphatic heterocycles. The fourth-order valence-electron chi connectivity index (χ4n) is 2.79. The quantitative estimate of drug-likeness (QED) is 0.368. The van der Waals surface area contributed by atoms with Crippen LogP contribution in [-0.4, -0.2) is 46.6 Å². The first-order valence-corrected chi connectivity index (χ1v) is 9.59. The minimum absolute atomic E-state index is 0.0115. The van der Waals surface area contributed by atoms with E-state index in [0.29, 0.717) is 16.4 Å². The molecule has 10 nitrogen and oxygen atoms in total. The highest BCUT2D eigenvalue weighted by Gasteiger charge is 2.28. The highest BCUT2D eigenvalue weighted by atomic mass is 35.5. The van der Waals surface area contributed by atoms with Gasteiger partial charge in [-0.3, -0.25) is 19.6 Å². The molecule has 2 heterocycles. The van der Waals surface area contributed by atoms with E-state index in [1.165, 1.54) is 24.6 Å². The molecule has 166 valence electrons. The van der Waals surface area contributed by atoms with Gasteiger partial charge in [0, 0.05) is 18.7 Å². The van der Waals surface area contributed by atoms with Gasteiger partial charge in [0.1, 0.15) is 16.5 Å². The minimum atomic E-state index is -0.816. The molecule has 0 spiro atoms. The smallest absolute Gasteiger partial charge is 0.344 e. The third kappa shape index (κ3) is 5.60. The van der Waals surface area contributed by atoms with Crippen LogP contribution in [0, 0.1) is 13.8 Å². The third-order valence-corrected chi connectivity index (χ3v) is 4.54. The molecule has 0 aliphatic rings. The summed E-state index contributed by atoms with van der Waals surface area (Å²) in [6.45, 7) is 5.48. The summed E-state index contributed by atoms with van der Waals surface area (Å²) in [5.74, 6) is -2.91. The van der Waals surface area contributed by atoms with Crippen molar-refractivity contribution in [3.05, 3.63) is 39.4 Å². The van der Waals surface area contributed by atoms with E-state index >= 15 is 0 Å². The zero-order chi connectivity index (χ0) is 23.3. The predicted molar refractivity (Wildman–Crippen MR) is 111 cm³/mol. The number of hydrogen-bond donors (Lipinski definition) is 1. The Morgan fingerprint density at radius 2 is 1.87 bits per heavy atom. The lowest BCUT2D eigenvalue weighted by atomic mass is 10.1. The molecule has 31 heavy (non-hydrogen) atoms. The summed E-state index contributed by atoms with van der Waals surface area (Å²) in [4.78, 5) is 48.2. The number of halogens is 1. The molecular formula is C20H22ClN3O7. The number of carbonyl (C=O) groups is 4. The van der Waals surface area contributed by atoms with Crippen molar-refractivity contribution in [3.8, 4) is 0 Å². The first-order chi connectivity index (χ1) is 14.6. The van der Waals surface area contributed by atoms with Crippen LogP contribution in [0.5, 0.6) is 0 Å². The van der Waals surface area contributed by atoms with Crippen LogP contribution in [0.15, 0.2) is 10.5 Å². The molecule has 0 fully saturated rings. The number of nitrogens with one attached hydrogen (secondary N) is 1. The van der Waals surface area contributed by atoms with Crippen LogP contribution < -0.4 is 5.32 Å². The summed E-state index contributed by atoms with van der Waals surface area (Å²) in [6, 6.07) is 0. The molecule has 1 N–H and O–H groups in total. The van der Waals surface area contributed by atoms with Crippen molar-refractivity contribution in [3.63, 3.8) is 0 Å². The van der Waals surface area contributed by atoms with Gasteiger partial charge in [-0.25, -0.2) is 9.59 Å². The van der Waals surface area contributed by atoms with Gasteiger partial charge in [-0.05, 0) is 33.8 Å². The molecule has 0 saturated carbocycles. The summed E-state index contributed by atoms with van der Waals surface area (Å²) in [6.07, 6.45) is 2.54. The fraction of sp³-hybridized carbons (Fsp3) is 0.350. The van der Waals surface area contributed by atoms with E-state index in [9.17, 15) is 19.2 Å². The van der Waals surface area contributed by atoms with Gasteiger partial charge in [-0.1, -0.05) is 11.6 Å². The Morgan fingerprint density at radius 3 is 2.42 bits per heavy atom. The number of aryl methyl sites for hydroxylation is 3. The first-order valence-electron chi connectivity index (χ1n) is 9.22. The van der Waals surface area contributed by atoms with E-state index < -0.39 is 30.2 Å². The van der Waals surface area contributed by atoms with Gasteiger partial charge in [0.15, 0.2) is 12.4 Å². The number of ether oxygens (including phenoxy) is 2. The summed E-state index contributed by atoms with van der Waals surface area (Å²) >= 11 is 6.08. The standard InChI is InChI=1S/C20H22ClN3O7/c1-6-29-20(28)17-16(11(3)25)12(4)31-19(17)22-14(26)9-30-15(27)8-7-13-10(2)23-24(5)18(13)21/h7-8H,6,9H2,1-5H3,(H,22,26)/b8-7+. The van der Waals surface area contributed by atoms with Crippen molar-refractivity contribution in [2.75, 3.05) is 18.5 Å². The first kappa shape index (κ1) is 23.9. The molecule has 0 bridgehead atoms. The Hall–Kier alpha value is -3.40. The number of aromatic nitrogens is 2. The van der Waals surface area contributed by atoms with Gasteiger partial charge >= 0.3 is 11.9 Å². The Labute approximate surface area is 183 Å². The van der Waals surface area contributed by atoms with Gasteiger partial charge in [0.05, 0.1) is 17.9 Å². The summed E-state index contributed by atoms with van der Waals surface area (Å²) < 4.78 is 16.6. The van der Waals surface area contributed by atoms with Crippen molar-refractivity contribution in [1.29, 1.82) is 0 Å². The van der Waals surface area contributed by atoms with E-state index in [2.05, 4.69) is 10.4 Å². The van der Waals surface area contributed by atoms with Crippen LogP contribution in [0.4, 0.5) is 5.88 Å². The lowest BCUT2D eigenvalue weighted by Gasteiger charge is -2.06. The number of esters is 2. The van der Waals surface area contributed by atoms with Crippen LogP contribution >= 0.6 is 11.6 Å². The molecule has 1 amide bonds. The molecule has 0 unspecified atom stereocenters. The lowest BCUT2D eigenvalue weighted by molar-refractivity contribution is -0.142. The van der Waals surface area contributed by atoms with Crippen molar-refractivity contribution < 1.29 is 33.1 Å². The van der Waals surface area contributed by atoms with E-state index in [4.69, 9.17) is 25.5 Å². The molecule has 0 aromatic carbocycles. The molecule has 0 atom stereocenters. The zero-order valence-corrected chi connectivity index (χ0v) is 18.5. The van der Waals surface area contributed by atoms with Crippen LogP contribution in [0.1, 0.15) is 51.6 Å².